The van der Waals surface area contributed by atoms with Crippen molar-refractivity contribution in [3.05, 3.63) is 47.5 Å². The highest BCUT2D eigenvalue weighted by atomic mass is 16.6. The third kappa shape index (κ3) is 10.1. The van der Waals surface area contributed by atoms with Gasteiger partial charge in [0, 0.05) is 12.5 Å². The molecule has 8 heteroatoms. The minimum atomic E-state index is -0.743. The summed E-state index contributed by atoms with van der Waals surface area (Å²) in [6.45, 7) is 18.1. The monoisotopic (exact) mass is 545 g/mol. The molecule has 0 fully saturated rings. The van der Waals surface area contributed by atoms with E-state index in [4.69, 9.17) is 9.47 Å². The van der Waals surface area contributed by atoms with Crippen molar-refractivity contribution in [1.82, 2.24) is 15.5 Å². The summed E-state index contributed by atoms with van der Waals surface area (Å²) in [4.78, 5) is 40.9. The van der Waals surface area contributed by atoms with Crippen molar-refractivity contribution in [3.8, 4) is 0 Å². The lowest BCUT2D eigenvalue weighted by molar-refractivity contribution is -0.148. The molecule has 1 aromatic rings. The van der Waals surface area contributed by atoms with Crippen LogP contribution in [0.5, 0.6) is 0 Å². The normalized spacial score (nSPS) is 14.9. The number of carbonyl (C=O) groups excluding carboxylic acids is 3. The summed E-state index contributed by atoms with van der Waals surface area (Å²) < 4.78 is 10.4. The number of esters is 1. The molecular formula is C31H51N3O5. The van der Waals surface area contributed by atoms with Crippen molar-refractivity contribution in [2.45, 2.75) is 85.9 Å². The molecular weight excluding hydrogens is 494 g/mol. The van der Waals surface area contributed by atoms with Crippen molar-refractivity contribution >= 4 is 17.8 Å². The quantitative estimate of drug-likeness (QED) is 0.270. The van der Waals surface area contributed by atoms with E-state index in [-0.39, 0.29) is 37.0 Å². The molecule has 0 saturated heterocycles. The maximum atomic E-state index is 13.9. The van der Waals surface area contributed by atoms with E-state index in [1.807, 2.05) is 91.8 Å². The number of hydrogen-bond donors (Lipinski definition) is 2. The topological polar surface area (TPSA) is 97.0 Å². The van der Waals surface area contributed by atoms with Crippen LogP contribution in [0.1, 0.15) is 67.9 Å². The first kappa shape index (κ1) is 34.3. The zero-order valence-electron chi connectivity index (χ0n) is 25.9. The third-order valence-corrected chi connectivity index (χ3v) is 6.98. The zero-order chi connectivity index (χ0) is 30.0. The first-order valence-corrected chi connectivity index (χ1v) is 13.8. The van der Waals surface area contributed by atoms with Crippen LogP contribution in [0.3, 0.4) is 0 Å². The van der Waals surface area contributed by atoms with Crippen molar-refractivity contribution in [2.24, 2.45) is 11.3 Å². The highest BCUT2D eigenvalue weighted by Gasteiger charge is 2.41. The van der Waals surface area contributed by atoms with Crippen molar-refractivity contribution < 1.29 is 23.9 Å². The van der Waals surface area contributed by atoms with Gasteiger partial charge in [0.1, 0.15) is 12.6 Å². The lowest BCUT2D eigenvalue weighted by atomic mass is 9.76. The number of amides is 2. The van der Waals surface area contributed by atoms with Crippen LogP contribution in [0.15, 0.2) is 42.0 Å². The lowest BCUT2D eigenvalue weighted by Gasteiger charge is -2.40. The van der Waals surface area contributed by atoms with Gasteiger partial charge in [0.25, 0.3) is 0 Å². The molecule has 2 N–H and O–H groups in total. The van der Waals surface area contributed by atoms with Crippen LogP contribution >= 0.6 is 0 Å². The van der Waals surface area contributed by atoms with Gasteiger partial charge in [-0.15, -0.1) is 0 Å². The minimum absolute atomic E-state index is 0.109. The van der Waals surface area contributed by atoms with Crippen LogP contribution in [-0.4, -0.2) is 74.7 Å². The van der Waals surface area contributed by atoms with Crippen LogP contribution in [0, 0.1) is 11.3 Å². The third-order valence-electron chi connectivity index (χ3n) is 6.98. The summed E-state index contributed by atoms with van der Waals surface area (Å²) in [5, 5.41) is 6.26. The fourth-order valence-corrected chi connectivity index (χ4v) is 4.67. The Kier molecular flexibility index (Phi) is 13.4. The van der Waals surface area contributed by atoms with Gasteiger partial charge in [-0.25, -0.2) is 4.79 Å². The van der Waals surface area contributed by atoms with Crippen LogP contribution in [-0.2, 0) is 29.3 Å². The number of hydrogen-bond acceptors (Lipinski definition) is 6. The largest absolute Gasteiger partial charge is 0.464 e. The number of nitrogens with zero attached hydrogens (tertiary/aromatic N) is 1. The SMILES string of the molecule is CCOC(=O)COC/C(C)=C/[C@H](C(C)C)N(C)C(=O)C(NC(=O)C(NC)C(C)(C)c1ccccc1)C(C)(C)C. The average molecular weight is 546 g/mol. The van der Waals surface area contributed by atoms with Gasteiger partial charge in [-0.2, -0.15) is 0 Å². The van der Waals surface area contributed by atoms with E-state index >= 15 is 0 Å². The predicted molar refractivity (Wildman–Crippen MR) is 156 cm³/mol. The van der Waals surface area contributed by atoms with Gasteiger partial charge in [0.15, 0.2) is 0 Å². The Bertz CT molecular complexity index is 966. The van der Waals surface area contributed by atoms with E-state index in [1.54, 1.807) is 25.9 Å². The Hall–Kier alpha value is -2.71. The molecule has 0 aliphatic heterocycles. The Morgan fingerprint density at radius 3 is 2.08 bits per heavy atom. The van der Waals surface area contributed by atoms with Gasteiger partial charge in [-0.3, -0.25) is 9.59 Å². The van der Waals surface area contributed by atoms with Crippen LogP contribution in [0.2, 0.25) is 0 Å². The second kappa shape index (κ2) is 15.2. The molecule has 1 rings (SSSR count). The second-order valence-electron chi connectivity index (χ2n) is 12.1. The number of likely N-dealkylation sites (N-methyl/N-ethyl adjacent to an activating group) is 2. The number of carbonyl (C=O) groups is 3. The summed E-state index contributed by atoms with van der Waals surface area (Å²) in [6, 6.07) is 8.36. The maximum Gasteiger partial charge on any atom is 0.332 e. The Balaban J connectivity index is 3.14. The molecule has 39 heavy (non-hydrogen) atoms. The van der Waals surface area contributed by atoms with Gasteiger partial charge in [0.05, 0.1) is 25.3 Å². The highest BCUT2D eigenvalue weighted by Crippen LogP contribution is 2.29. The Morgan fingerprint density at radius 1 is 1.00 bits per heavy atom. The van der Waals surface area contributed by atoms with Crippen molar-refractivity contribution in [2.75, 3.05) is 33.9 Å². The molecule has 0 saturated carbocycles. The number of ether oxygens (including phenoxy) is 2. The lowest BCUT2D eigenvalue weighted by Crippen LogP contribution is -2.61. The summed E-state index contributed by atoms with van der Waals surface area (Å²) in [5.74, 6) is -0.693. The van der Waals surface area contributed by atoms with E-state index in [2.05, 4.69) is 10.6 Å². The zero-order valence-corrected chi connectivity index (χ0v) is 25.9. The first-order valence-electron chi connectivity index (χ1n) is 13.8. The van der Waals surface area contributed by atoms with Gasteiger partial charge < -0.3 is 25.0 Å². The standard InChI is InChI=1S/C31H51N3O5/c1-12-39-25(35)20-38-19-22(4)18-24(21(2)3)34(11)29(37)27(30(5,6)7)33-28(36)26(32-10)31(8,9)23-16-14-13-15-17-23/h13-18,21,24,26-27,32H,12,19-20H2,1-11H3,(H,33,36)/b22-18+/t24-,26?,27?/m1/s1. The minimum Gasteiger partial charge on any atom is -0.464 e. The van der Waals surface area contributed by atoms with E-state index in [0.29, 0.717) is 6.61 Å². The van der Waals surface area contributed by atoms with Crippen LogP contribution < -0.4 is 10.6 Å². The second-order valence-corrected chi connectivity index (χ2v) is 12.1. The molecule has 0 aliphatic rings. The van der Waals surface area contributed by atoms with Gasteiger partial charge in [0.2, 0.25) is 11.8 Å². The molecule has 0 aliphatic carbocycles. The molecule has 2 unspecified atom stereocenters. The number of nitrogens with one attached hydrogen (secondary N) is 2. The molecule has 0 heterocycles. The molecule has 3 atom stereocenters. The van der Waals surface area contributed by atoms with Gasteiger partial charge in [-0.05, 0) is 43.4 Å². The molecule has 0 radical (unpaired) electrons. The maximum absolute atomic E-state index is 13.9. The molecule has 0 bridgehead atoms. The smallest absolute Gasteiger partial charge is 0.332 e. The highest BCUT2D eigenvalue weighted by molar-refractivity contribution is 5.91. The van der Waals surface area contributed by atoms with Crippen LogP contribution in [0.4, 0.5) is 0 Å². The van der Waals surface area contributed by atoms with E-state index in [1.165, 1.54) is 0 Å². The first-order chi connectivity index (χ1) is 18.1. The Morgan fingerprint density at radius 2 is 1.59 bits per heavy atom. The van der Waals surface area contributed by atoms with E-state index in [9.17, 15) is 14.4 Å². The van der Waals surface area contributed by atoms with Gasteiger partial charge in [-0.1, -0.05) is 84.9 Å². The molecule has 220 valence electrons. The molecule has 0 spiro atoms. The summed E-state index contributed by atoms with van der Waals surface area (Å²) in [6.07, 6.45) is 1.99. The molecule has 2 amide bonds. The van der Waals surface area contributed by atoms with E-state index in [0.717, 1.165) is 11.1 Å². The summed E-state index contributed by atoms with van der Waals surface area (Å²) >= 11 is 0. The summed E-state index contributed by atoms with van der Waals surface area (Å²) in [7, 11) is 3.53. The van der Waals surface area contributed by atoms with Gasteiger partial charge >= 0.3 is 5.97 Å². The van der Waals surface area contributed by atoms with Crippen molar-refractivity contribution in [3.63, 3.8) is 0 Å². The van der Waals surface area contributed by atoms with Crippen molar-refractivity contribution in [1.29, 1.82) is 0 Å². The van der Waals surface area contributed by atoms with Crippen LogP contribution in [0.25, 0.3) is 0 Å². The fraction of sp³-hybridized carbons (Fsp3) is 0.645. The number of rotatable bonds is 14. The Labute approximate surface area is 235 Å². The average Bonchev–Trinajstić information content (AvgIpc) is 2.85. The summed E-state index contributed by atoms with van der Waals surface area (Å²) in [5.41, 5.74) is 0.885. The number of benzene rings is 1. The fourth-order valence-electron chi connectivity index (χ4n) is 4.67. The molecule has 8 nitrogen and oxygen atoms in total. The predicted octanol–water partition coefficient (Wildman–Crippen LogP) is 4.09. The van der Waals surface area contributed by atoms with E-state index < -0.39 is 28.9 Å². The molecule has 1 aromatic carbocycles. The molecule has 0 aromatic heterocycles.